The van der Waals surface area contributed by atoms with Gasteiger partial charge in [-0.3, -0.25) is 0 Å². The van der Waals surface area contributed by atoms with Crippen LogP contribution in [0.2, 0.25) is 0 Å². The molecule has 96 valence electrons. The van der Waals surface area contributed by atoms with Crippen molar-refractivity contribution in [2.75, 3.05) is 7.11 Å². The standard InChI is InChI=1S/C12H10F3NO2/c1-3-7-4-5-9(12(13,14)15)10(8(7)6-16)11(17)18-2/h4-5H,3H2,1-2H3. The summed E-state index contributed by atoms with van der Waals surface area (Å²) < 4.78 is 42.7. The van der Waals surface area contributed by atoms with E-state index in [-0.39, 0.29) is 5.56 Å². The predicted octanol–water partition coefficient (Wildman–Crippen LogP) is 2.93. The Morgan fingerprint density at radius 3 is 2.44 bits per heavy atom. The summed E-state index contributed by atoms with van der Waals surface area (Å²) in [6.45, 7) is 1.69. The average Bonchev–Trinajstić information content (AvgIpc) is 2.34. The molecule has 0 amide bonds. The second kappa shape index (κ2) is 5.08. The Hall–Kier alpha value is -2.03. The number of halogens is 3. The van der Waals surface area contributed by atoms with Gasteiger partial charge in [0.05, 0.1) is 23.8 Å². The molecule has 0 aliphatic rings. The van der Waals surface area contributed by atoms with Crippen LogP contribution in [0.15, 0.2) is 12.1 Å². The molecule has 0 heterocycles. The SMILES string of the molecule is CCc1ccc(C(F)(F)F)c(C(=O)OC)c1C#N. The second-order valence-corrected chi connectivity index (χ2v) is 3.48. The van der Waals surface area contributed by atoms with Crippen molar-refractivity contribution in [2.24, 2.45) is 0 Å². The van der Waals surface area contributed by atoms with Crippen LogP contribution in [0.5, 0.6) is 0 Å². The lowest BCUT2D eigenvalue weighted by Gasteiger charge is -2.14. The fourth-order valence-electron chi connectivity index (χ4n) is 1.62. The number of hydrogen-bond acceptors (Lipinski definition) is 3. The molecule has 0 aliphatic heterocycles. The van der Waals surface area contributed by atoms with Crippen molar-refractivity contribution < 1.29 is 22.7 Å². The van der Waals surface area contributed by atoms with E-state index in [2.05, 4.69) is 4.74 Å². The van der Waals surface area contributed by atoms with Crippen molar-refractivity contribution in [1.29, 1.82) is 5.26 Å². The molecule has 1 aromatic carbocycles. The lowest BCUT2D eigenvalue weighted by atomic mass is 9.95. The summed E-state index contributed by atoms with van der Waals surface area (Å²) in [5.74, 6) is -1.16. The first-order valence-electron chi connectivity index (χ1n) is 5.08. The summed E-state index contributed by atoms with van der Waals surface area (Å²) in [5.41, 5.74) is -1.76. The molecule has 1 aromatic rings. The van der Waals surface area contributed by atoms with Gasteiger partial charge in [0.2, 0.25) is 0 Å². The highest BCUT2D eigenvalue weighted by Gasteiger charge is 2.37. The molecule has 0 atom stereocenters. The topological polar surface area (TPSA) is 50.1 Å². The Bertz CT molecular complexity index is 515. The Morgan fingerprint density at radius 1 is 1.44 bits per heavy atom. The third-order valence-corrected chi connectivity index (χ3v) is 2.48. The van der Waals surface area contributed by atoms with E-state index in [0.717, 1.165) is 13.2 Å². The summed E-state index contributed by atoms with van der Waals surface area (Å²) in [5, 5.41) is 8.94. The number of carbonyl (C=O) groups is 1. The van der Waals surface area contributed by atoms with Crippen LogP contribution in [0.1, 0.15) is 34.0 Å². The Balaban J connectivity index is 3.67. The Labute approximate surface area is 102 Å². The smallest absolute Gasteiger partial charge is 0.417 e. The summed E-state index contributed by atoms with van der Waals surface area (Å²) in [6.07, 6.45) is -4.35. The number of nitriles is 1. The number of hydrogen-bond donors (Lipinski definition) is 0. The van der Waals surface area contributed by atoms with Crippen LogP contribution in [-0.4, -0.2) is 13.1 Å². The minimum Gasteiger partial charge on any atom is -0.465 e. The number of rotatable bonds is 2. The van der Waals surface area contributed by atoms with E-state index in [4.69, 9.17) is 5.26 Å². The highest BCUT2D eigenvalue weighted by molar-refractivity contribution is 5.94. The number of nitrogens with zero attached hydrogens (tertiary/aromatic N) is 1. The fraction of sp³-hybridized carbons (Fsp3) is 0.333. The number of carbonyl (C=O) groups excluding carboxylic acids is 1. The zero-order valence-electron chi connectivity index (χ0n) is 9.76. The van der Waals surface area contributed by atoms with Crippen LogP contribution in [-0.2, 0) is 17.3 Å². The van der Waals surface area contributed by atoms with E-state index in [1.165, 1.54) is 6.07 Å². The van der Waals surface area contributed by atoms with Gasteiger partial charge in [-0.25, -0.2) is 4.79 Å². The van der Waals surface area contributed by atoms with Gasteiger partial charge >= 0.3 is 12.1 Å². The third kappa shape index (κ3) is 2.45. The molecule has 0 bridgehead atoms. The van der Waals surface area contributed by atoms with E-state index < -0.39 is 23.3 Å². The molecule has 0 spiro atoms. The third-order valence-electron chi connectivity index (χ3n) is 2.48. The Kier molecular flexibility index (Phi) is 3.96. The monoisotopic (exact) mass is 257 g/mol. The lowest BCUT2D eigenvalue weighted by Crippen LogP contribution is -2.17. The molecule has 1 rings (SSSR count). The van der Waals surface area contributed by atoms with Crippen LogP contribution in [0.25, 0.3) is 0 Å². The first-order chi connectivity index (χ1) is 8.36. The van der Waals surface area contributed by atoms with Gasteiger partial charge in [0.15, 0.2) is 0 Å². The van der Waals surface area contributed by atoms with Gasteiger partial charge in [-0.1, -0.05) is 13.0 Å². The molecule has 0 saturated carbocycles. The maximum Gasteiger partial charge on any atom is 0.417 e. The molecule has 0 fully saturated rings. The normalized spacial score (nSPS) is 10.9. The average molecular weight is 257 g/mol. The maximum absolute atomic E-state index is 12.8. The zero-order chi connectivity index (χ0) is 13.9. The quantitative estimate of drug-likeness (QED) is 0.765. The molecule has 0 N–H and O–H groups in total. The van der Waals surface area contributed by atoms with Gasteiger partial charge < -0.3 is 4.74 Å². The molecule has 0 saturated heterocycles. The molecule has 0 unspecified atom stereocenters. The van der Waals surface area contributed by atoms with Gasteiger partial charge in [0.25, 0.3) is 0 Å². The summed E-state index contributed by atoms with van der Waals surface area (Å²) in [6, 6.07) is 3.64. The molecular formula is C12H10F3NO2. The van der Waals surface area contributed by atoms with Crippen LogP contribution in [0, 0.1) is 11.3 Å². The van der Waals surface area contributed by atoms with E-state index >= 15 is 0 Å². The van der Waals surface area contributed by atoms with Crippen molar-refractivity contribution >= 4 is 5.97 Å². The van der Waals surface area contributed by atoms with Gasteiger partial charge in [0.1, 0.15) is 6.07 Å². The number of ether oxygens (including phenoxy) is 1. The summed E-state index contributed by atoms with van der Waals surface area (Å²) in [4.78, 5) is 11.5. The van der Waals surface area contributed by atoms with E-state index in [0.29, 0.717) is 12.0 Å². The van der Waals surface area contributed by atoms with E-state index in [1.54, 1.807) is 13.0 Å². The number of aryl methyl sites for hydroxylation is 1. The van der Waals surface area contributed by atoms with Gasteiger partial charge in [-0.15, -0.1) is 0 Å². The second-order valence-electron chi connectivity index (χ2n) is 3.48. The minimum absolute atomic E-state index is 0.279. The molecule has 6 heteroatoms. The predicted molar refractivity (Wildman–Crippen MR) is 56.9 cm³/mol. The van der Waals surface area contributed by atoms with E-state index in [9.17, 15) is 18.0 Å². The van der Waals surface area contributed by atoms with Gasteiger partial charge in [-0.05, 0) is 18.1 Å². The van der Waals surface area contributed by atoms with Crippen LogP contribution < -0.4 is 0 Å². The minimum atomic E-state index is -4.71. The molecule has 0 radical (unpaired) electrons. The van der Waals surface area contributed by atoms with Crippen LogP contribution in [0.4, 0.5) is 13.2 Å². The van der Waals surface area contributed by atoms with Crippen molar-refractivity contribution in [2.45, 2.75) is 19.5 Å². The molecular weight excluding hydrogens is 247 g/mol. The van der Waals surface area contributed by atoms with Gasteiger partial charge in [0, 0.05) is 0 Å². The lowest BCUT2D eigenvalue weighted by molar-refractivity contribution is -0.138. The summed E-state index contributed by atoms with van der Waals surface area (Å²) in [7, 11) is 0.974. The first kappa shape index (κ1) is 14.0. The number of esters is 1. The number of benzene rings is 1. The zero-order valence-corrected chi connectivity index (χ0v) is 9.76. The molecule has 18 heavy (non-hydrogen) atoms. The highest BCUT2D eigenvalue weighted by Crippen LogP contribution is 2.34. The number of alkyl halides is 3. The maximum atomic E-state index is 12.8. The fourth-order valence-corrected chi connectivity index (χ4v) is 1.62. The molecule has 0 aromatic heterocycles. The van der Waals surface area contributed by atoms with E-state index in [1.807, 2.05) is 0 Å². The Morgan fingerprint density at radius 2 is 2.06 bits per heavy atom. The molecule has 0 aliphatic carbocycles. The molecule has 3 nitrogen and oxygen atoms in total. The highest BCUT2D eigenvalue weighted by atomic mass is 19.4. The van der Waals surface area contributed by atoms with Gasteiger partial charge in [-0.2, -0.15) is 18.4 Å². The largest absolute Gasteiger partial charge is 0.465 e. The van der Waals surface area contributed by atoms with Crippen molar-refractivity contribution in [3.63, 3.8) is 0 Å². The number of methoxy groups -OCH3 is 1. The summed E-state index contributed by atoms with van der Waals surface area (Å²) >= 11 is 0. The first-order valence-corrected chi connectivity index (χ1v) is 5.08. The van der Waals surface area contributed by atoms with Crippen molar-refractivity contribution in [1.82, 2.24) is 0 Å². The van der Waals surface area contributed by atoms with Crippen molar-refractivity contribution in [3.8, 4) is 6.07 Å². The van der Waals surface area contributed by atoms with Crippen LogP contribution in [0.3, 0.4) is 0 Å². The van der Waals surface area contributed by atoms with Crippen molar-refractivity contribution in [3.05, 3.63) is 34.4 Å². The van der Waals surface area contributed by atoms with Crippen LogP contribution >= 0.6 is 0 Å².